The summed E-state index contributed by atoms with van der Waals surface area (Å²) in [7, 11) is 1.79. The Hall–Kier alpha value is -4.92. The summed E-state index contributed by atoms with van der Waals surface area (Å²) in [4.78, 5) is 32.7. The molecule has 15 heteroatoms. The number of aromatic carboxylic acids is 1. The number of nitrogens with zero attached hydrogens (tertiary/aromatic N) is 10. The number of rotatable bonds is 7. The van der Waals surface area contributed by atoms with Gasteiger partial charge in [0.25, 0.3) is 6.43 Å². The number of aryl methyl sites for hydroxylation is 2. The molecule has 1 spiro atoms. The number of carboxylic acid groups (broad SMARTS) is 1. The first-order valence-corrected chi connectivity index (χ1v) is 19.7. The van der Waals surface area contributed by atoms with E-state index in [9.17, 15) is 18.4 Å². The number of hydrogen-bond acceptors (Lipinski definition) is 9. The molecule has 4 aromatic rings. The average molecular weight is 755 g/mol. The first-order chi connectivity index (χ1) is 26.6. The van der Waals surface area contributed by atoms with Crippen LogP contribution in [0.1, 0.15) is 97.2 Å². The second kappa shape index (κ2) is 14.0. The van der Waals surface area contributed by atoms with Gasteiger partial charge in [0.15, 0.2) is 17.3 Å². The van der Waals surface area contributed by atoms with E-state index in [1.807, 2.05) is 11.0 Å². The quantitative estimate of drug-likeness (QED) is 0.248. The number of halogens is 2. The monoisotopic (exact) mass is 754 g/mol. The van der Waals surface area contributed by atoms with Crippen molar-refractivity contribution in [2.45, 2.75) is 89.8 Å². The van der Waals surface area contributed by atoms with E-state index in [4.69, 9.17) is 10.2 Å². The molecule has 290 valence electrons. The molecule has 55 heavy (non-hydrogen) atoms. The molecule has 1 N–H and O–H groups in total. The number of fused-ring (bicyclic) bond motifs is 2. The molecule has 13 nitrogen and oxygen atoms in total. The zero-order valence-electron chi connectivity index (χ0n) is 31.5. The summed E-state index contributed by atoms with van der Waals surface area (Å²) in [5, 5.41) is 26.8. The van der Waals surface area contributed by atoms with E-state index in [2.05, 4.69) is 34.7 Å². The van der Waals surface area contributed by atoms with Crippen molar-refractivity contribution in [1.29, 1.82) is 0 Å². The molecule has 0 atom stereocenters. The highest BCUT2D eigenvalue weighted by Gasteiger charge is 2.48. The van der Waals surface area contributed by atoms with Crippen molar-refractivity contribution >= 4 is 29.2 Å². The number of carbonyl (C=O) groups is 2. The highest BCUT2D eigenvalue weighted by Crippen LogP contribution is 2.50. The van der Waals surface area contributed by atoms with Crippen LogP contribution >= 0.6 is 0 Å². The molecule has 1 aliphatic carbocycles. The lowest BCUT2D eigenvalue weighted by molar-refractivity contribution is -0.129. The highest BCUT2D eigenvalue weighted by atomic mass is 19.3. The second-order valence-electron chi connectivity index (χ2n) is 16.3. The van der Waals surface area contributed by atoms with Crippen molar-refractivity contribution in [3.05, 3.63) is 64.7 Å². The van der Waals surface area contributed by atoms with Gasteiger partial charge in [0, 0.05) is 100.0 Å². The number of anilines is 3. The van der Waals surface area contributed by atoms with E-state index < -0.39 is 12.4 Å². The van der Waals surface area contributed by atoms with Crippen LogP contribution in [0.3, 0.4) is 0 Å². The van der Waals surface area contributed by atoms with Crippen LogP contribution in [0.2, 0.25) is 0 Å². The summed E-state index contributed by atoms with van der Waals surface area (Å²) in [6.45, 7) is 7.41. The molecule has 0 unspecified atom stereocenters. The molecular formula is C40H48F2N10O3. The molecule has 2 saturated heterocycles. The highest BCUT2D eigenvalue weighted by molar-refractivity contribution is 5.85. The lowest BCUT2D eigenvalue weighted by atomic mass is 9.66. The molecule has 3 fully saturated rings. The Labute approximate surface area is 318 Å². The van der Waals surface area contributed by atoms with Crippen LogP contribution < -0.4 is 9.80 Å². The van der Waals surface area contributed by atoms with Gasteiger partial charge in [0.05, 0.1) is 18.8 Å². The molecule has 3 aromatic heterocycles. The smallest absolute Gasteiger partial charge is 0.356 e. The van der Waals surface area contributed by atoms with Gasteiger partial charge >= 0.3 is 5.97 Å². The fraction of sp³-hybridized carbons (Fsp3) is 0.550. The van der Waals surface area contributed by atoms with Gasteiger partial charge in [-0.2, -0.15) is 10.2 Å². The van der Waals surface area contributed by atoms with Gasteiger partial charge in [-0.05, 0) is 92.2 Å². The lowest BCUT2D eigenvalue weighted by Crippen LogP contribution is -2.62. The lowest BCUT2D eigenvalue weighted by Gasteiger charge is -2.57. The molecule has 1 amide bonds. The van der Waals surface area contributed by atoms with Crippen molar-refractivity contribution in [2.75, 3.05) is 49.1 Å². The fourth-order valence-electron chi connectivity index (χ4n) is 9.99. The minimum Gasteiger partial charge on any atom is -0.476 e. The number of carbonyl (C=O) groups excluding carboxylic acids is 1. The third-order valence-corrected chi connectivity index (χ3v) is 13.0. The normalized spacial score (nSPS) is 20.5. The second-order valence-corrected chi connectivity index (χ2v) is 16.3. The summed E-state index contributed by atoms with van der Waals surface area (Å²) >= 11 is 0. The molecule has 1 saturated carbocycles. The summed E-state index contributed by atoms with van der Waals surface area (Å²) in [6.07, 6.45) is 9.65. The number of aromatic nitrogens is 6. The van der Waals surface area contributed by atoms with Crippen molar-refractivity contribution < 1.29 is 23.5 Å². The molecule has 1 aromatic carbocycles. The van der Waals surface area contributed by atoms with Crippen LogP contribution in [0.5, 0.6) is 0 Å². The van der Waals surface area contributed by atoms with E-state index in [-0.39, 0.29) is 23.2 Å². The molecular weight excluding hydrogens is 707 g/mol. The van der Waals surface area contributed by atoms with Gasteiger partial charge in [-0.3, -0.25) is 19.1 Å². The van der Waals surface area contributed by atoms with Crippen molar-refractivity contribution in [1.82, 2.24) is 39.6 Å². The Morgan fingerprint density at radius 3 is 2.40 bits per heavy atom. The maximum absolute atomic E-state index is 14.7. The van der Waals surface area contributed by atoms with Gasteiger partial charge in [-0.15, -0.1) is 10.2 Å². The Balaban J connectivity index is 0.908. The number of benzene rings is 1. The van der Waals surface area contributed by atoms with Crippen LogP contribution in [0, 0.1) is 5.41 Å². The van der Waals surface area contributed by atoms with Crippen molar-refractivity contribution in [3.63, 3.8) is 0 Å². The van der Waals surface area contributed by atoms with Crippen LogP contribution in [0.15, 0.2) is 36.7 Å². The van der Waals surface area contributed by atoms with Crippen LogP contribution in [-0.4, -0.2) is 102 Å². The predicted octanol–water partition coefficient (Wildman–Crippen LogP) is 5.78. The Morgan fingerprint density at radius 1 is 0.964 bits per heavy atom. The van der Waals surface area contributed by atoms with Crippen LogP contribution in [-0.2, 0) is 31.2 Å². The molecule has 7 heterocycles. The SMILES string of the molecule is CC(=O)N1CCc2c(c(N3CCCc4cc(-c5cnn(C)c5)c(C(F)F)cc43)nn2C2CCC3(CC2)CN(C2CCN(c4ccc(C(=O)O)nn4)CC2)C3)C1. The third kappa shape index (κ3) is 6.53. The molecule has 5 aliphatic rings. The van der Waals surface area contributed by atoms with E-state index in [0.29, 0.717) is 42.2 Å². The topological polar surface area (TPSA) is 129 Å². The maximum atomic E-state index is 14.7. The number of amides is 1. The Kier molecular flexibility index (Phi) is 9.09. The van der Waals surface area contributed by atoms with Crippen LogP contribution in [0.4, 0.5) is 26.1 Å². The minimum absolute atomic E-state index is 0.00318. The molecule has 9 rings (SSSR count). The summed E-state index contributed by atoms with van der Waals surface area (Å²) < 4.78 is 33.3. The first kappa shape index (κ1) is 35.8. The van der Waals surface area contributed by atoms with Gasteiger partial charge in [0.2, 0.25) is 5.91 Å². The standard InChI is InChI=1S/C40H48F2N10O3/c1-25(53)49-17-11-34-32(22-49)38(51-14-3-4-26-18-30(27-20-43-47(2)21-27)31(37(41)42)19-35(26)51)46-52(34)29-7-12-40(13-8-29)23-50(24-40)28-9-15-48(16-10-28)36-6-5-33(39(54)55)44-45-36/h5-6,18-21,28-29,37H,3-4,7-17,22-24H2,1-2H3,(H,54,55). The van der Waals surface area contributed by atoms with Gasteiger partial charge in [0.1, 0.15) is 0 Å². The zero-order valence-corrected chi connectivity index (χ0v) is 31.5. The number of likely N-dealkylation sites (tertiary alicyclic amines) is 1. The van der Waals surface area contributed by atoms with Gasteiger partial charge in [-0.25, -0.2) is 13.6 Å². The van der Waals surface area contributed by atoms with Gasteiger partial charge < -0.3 is 19.8 Å². The Morgan fingerprint density at radius 2 is 1.75 bits per heavy atom. The fourth-order valence-corrected chi connectivity index (χ4v) is 9.99. The predicted molar refractivity (Wildman–Crippen MR) is 202 cm³/mol. The average Bonchev–Trinajstić information content (AvgIpc) is 3.79. The van der Waals surface area contributed by atoms with E-state index >= 15 is 0 Å². The van der Waals surface area contributed by atoms with E-state index in [0.717, 1.165) is 112 Å². The summed E-state index contributed by atoms with van der Waals surface area (Å²) in [5.41, 5.74) is 5.54. The maximum Gasteiger partial charge on any atom is 0.356 e. The number of hydrogen-bond donors (Lipinski definition) is 1. The van der Waals surface area contributed by atoms with Crippen LogP contribution in [0.25, 0.3) is 11.1 Å². The third-order valence-electron chi connectivity index (χ3n) is 13.0. The van der Waals surface area contributed by atoms with Crippen molar-refractivity contribution in [3.8, 4) is 11.1 Å². The number of piperidine rings is 1. The van der Waals surface area contributed by atoms with Gasteiger partial charge in [-0.1, -0.05) is 0 Å². The Bertz CT molecular complexity index is 2090. The first-order valence-electron chi connectivity index (χ1n) is 19.7. The number of alkyl halides is 2. The van der Waals surface area contributed by atoms with E-state index in [1.54, 1.807) is 43.2 Å². The molecule has 0 bridgehead atoms. The summed E-state index contributed by atoms with van der Waals surface area (Å²) in [5.74, 6) is 0.506. The van der Waals surface area contributed by atoms with Crippen molar-refractivity contribution in [2.24, 2.45) is 12.5 Å². The number of carboxylic acids is 1. The minimum atomic E-state index is -2.64. The largest absolute Gasteiger partial charge is 0.476 e. The zero-order chi connectivity index (χ0) is 38.0. The molecule has 4 aliphatic heterocycles. The summed E-state index contributed by atoms with van der Waals surface area (Å²) in [6, 6.07) is 7.66. The molecule has 0 radical (unpaired) electrons. The van der Waals surface area contributed by atoms with E-state index in [1.165, 1.54) is 11.8 Å².